The lowest BCUT2D eigenvalue weighted by atomic mass is 10.1. The summed E-state index contributed by atoms with van der Waals surface area (Å²) in [5.74, 6) is 0.177. The molecule has 0 fully saturated rings. The molecule has 1 aromatic heterocycles. The molecule has 0 aliphatic heterocycles. The summed E-state index contributed by atoms with van der Waals surface area (Å²) in [6.45, 7) is 0. The van der Waals surface area contributed by atoms with E-state index in [0.29, 0.717) is 16.5 Å². The van der Waals surface area contributed by atoms with Crippen LogP contribution in [-0.2, 0) is 0 Å². The standard InChI is InChI=1S/C10H6N2O/c11-6-9-7-2-1-3-10(13)8(7)4-5-12-9/h1-5,13H. The van der Waals surface area contributed by atoms with Crippen molar-refractivity contribution < 1.29 is 5.11 Å². The van der Waals surface area contributed by atoms with Crippen molar-refractivity contribution in [3.63, 3.8) is 0 Å². The maximum atomic E-state index is 9.45. The first kappa shape index (κ1) is 7.56. The molecule has 2 rings (SSSR count). The van der Waals surface area contributed by atoms with E-state index in [0.717, 1.165) is 0 Å². The number of hydrogen-bond acceptors (Lipinski definition) is 3. The lowest BCUT2D eigenvalue weighted by molar-refractivity contribution is 0.481. The lowest BCUT2D eigenvalue weighted by Gasteiger charge is -2.00. The molecule has 0 amide bonds. The van der Waals surface area contributed by atoms with E-state index in [4.69, 9.17) is 5.26 Å². The second-order valence-corrected chi connectivity index (χ2v) is 2.64. The van der Waals surface area contributed by atoms with Gasteiger partial charge in [0.15, 0.2) is 0 Å². The fourth-order valence-electron chi connectivity index (χ4n) is 1.28. The Morgan fingerprint density at radius 1 is 1.23 bits per heavy atom. The SMILES string of the molecule is N#Cc1nccc2c(O)cccc12. The Hall–Kier alpha value is -2.08. The van der Waals surface area contributed by atoms with Gasteiger partial charge in [0, 0.05) is 17.0 Å². The van der Waals surface area contributed by atoms with Crippen molar-refractivity contribution in [2.24, 2.45) is 0 Å². The molecule has 1 N–H and O–H groups in total. The summed E-state index contributed by atoms with van der Waals surface area (Å²) in [5, 5.41) is 19.5. The molecule has 0 unspecified atom stereocenters. The van der Waals surface area contributed by atoms with Gasteiger partial charge in [0.25, 0.3) is 0 Å². The monoisotopic (exact) mass is 170 g/mol. The van der Waals surface area contributed by atoms with Crippen LogP contribution in [0.15, 0.2) is 30.5 Å². The van der Waals surface area contributed by atoms with Crippen LogP contribution in [-0.4, -0.2) is 10.1 Å². The smallest absolute Gasteiger partial charge is 0.148 e. The number of nitriles is 1. The summed E-state index contributed by atoms with van der Waals surface area (Å²) in [6, 6.07) is 8.71. The molecule has 0 bridgehead atoms. The minimum atomic E-state index is 0.177. The van der Waals surface area contributed by atoms with Crippen LogP contribution in [0.4, 0.5) is 0 Å². The summed E-state index contributed by atoms with van der Waals surface area (Å²) in [7, 11) is 0. The van der Waals surface area contributed by atoms with Crippen molar-refractivity contribution in [2.45, 2.75) is 0 Å². The molecule has 0 saturated heterocycles. The average molecular weight is 170 g/mol. The Bertz CT molecular complexity index is 500. The first-order chi connectivity index (χ1) is 6.33. The summed E-state index contributed by atoms with van der Waals surface area (Å²) in [6.07, 6.45) is 1.51. The summed E-state index contributed by atoms with van der Waals surface area (Å²) < 4.78 is 0. The van der Waals surface area contributed by atoms with Crippen molar-refractivity contribution in [3.8, 4) is 11.8 Å². The fraction of sp³-hybridized carbons (Fsp3) is 0. The highest BCUT2D eigenvalue weighted by atomic mass is 16.3. The quantitative estimate of drug-likeness (QED) is 0.656. The Kier molecular flexibility index (Phi) is 1.60. The van der Waals surface area contributed by atoms with Crippen molar-refractivity contribution in [1.82, 2.24) is 4.98 Å². The molecule has 1 heterocycles. The number of aromatic hydroxyl groups is 1. The minimum Gasteiger partial charge on any atom is -0.507 e. The number of phenolic OH excluding ortho intramolecular Hbond substituents is 1. The van der Waals surface area contributed by atoms with Crippen molar-refractivity contribution in [3.05, 3.63) is 36.2 Å². The topological polar surface area (TPSA) is 56.9 Å². The van der Waals surface area contributed by atoms with Crippen LogP contribution in [0.1, 0.15) is 5.69 Å². The molecule has 62 valence electrons. The van der Waals surface area contributed by atoms with Crippen LogP contribution in [0.5, 0.6) is 5.75 Å². The Labute approximate surface area is 74.9 Å². The second kappa shape index (κ2) is 2.76. The van der Waals surface area contributed by atoms with Gasteiger partial charge in [-0.2, -0.15) is 5.26 Å². The molecule has 13 heavy (non-hydrogen) atoms. The van der Waals surface area contributed by atoms with Gasteiger partial charge in [-0.15, -0.1) is 0 Å². The van der Waals surface area contributed by atoms with E-state index >= 15 is 0 Å². The second-order valence-electron chi connectivity index (χ2n) is 2.64. The fourth-order valence-corrected chi connectivity index (χ4v) is 1.28. The van der Waals surface area contributed by atoms with Crippen LogP contribution in [0.25, 0.3) is 10.8 Å². The van der Waals surface area contributed by atoms with E-state index in [1.807, 2.05) is 6.07 Å². The van der Waals surface area contributed by atoms with Gasteiger partial charge < -0.3 is 5.11 Å². The van der Waals surface area contributed by atoms with Gasteiger partial charge in [-0.1, -0.05) is 12.1 Å². The molecule has 3 heteroatoms. The lowest BCUT2D eigenvalue weighted by Crippen LogP contribution is -1.84. The molecule has 0 saturated carbocycles. The first-order valence-corrected chi connectivity index (χ1v) is 3.80. The van der Waals surface area contributed by atoms with Crippen LogP contribution in [0, 0.1) is 11.3 Å². The van der Waals surface area contributed by atoms with Gasteiger partial charge in [-0.05, 0) is 12.1 Å². The van der Waals surface area contributed by atoms with Crippen molar-refractivity contribution >= 4 is 10.8 Å². The third-order valence-electron chi connectivity index (χ3n) is 1.89. The van der Waals surface area contributed by atoms with E-state index in [1.165, 1.54) is 6.20 Å². The number of benzene rings is 1. The summed E-state index contributed by atoms with van der Waals surface area (Å²) in [5.41, 5.74) is 0.341. The molecule has 0 radical (unpaired) electrons. The molecule has 0 aliphatic carbocycles. The number of phenols is 1. The van der Waals surface area contributed by atoms with Crippen molar-refractivity contribution in [2.75, 3.05) is 0 Å². The zero-order valence-corrected chi connectivity index (χ0v) is 6.73. The zero-order valence-electron chi connectivity index (χ0n) is 6.73. The van der Waals surface area contributed by atoms with Gasteiger partial charge in [-0.25, -0.2) is 4.98 Å². The maximum absolute atomic E-state index is 9.45. The van der Waals surface area contributed by atoms with Gasteiger partial charge in [-0.3, -0.25) is 0 Å². The first-order valence-electron chi connectivity index (χ1n) is 3.80. The van der Waals surface area contributed by atoms with E-state index in [1.54, 1.807) is 24.3 Å². The maximum Gasteiger partial charge on any atom is 0.148 e. The highest BCUT2D eigenvalue weighted by molar-refractivity contribution is 5.90. The van der Waals surface area contributed by atoms with Crippen molar-refractivity contribution in [1.29, 1.82) is 5.26 Å². The van der Waals surface area contributed by atoms with E-state index in [-0.39, 0.29) is 5.75 Å². The Morgan fingerprint density at radius 2 is 2.08 bits per heavy atom. The van der Waals surface area contributed by atoms with Crippen LogP contribution in [0.2, 0.25) is 0 Å². The molecule has 3 nitrogen and oxygen atoms in total. The third-order valence-corrected chi connectivity index (χ3v) is 1.89. The number of nitrogens with zero attached hydrogens (tertiary/aromatic N) is 2. The van der Waals surface area contributed by atoms with E-state index in [2.05, 4.69) is 4.98 Å². The molecule has 0 aliphatic rings. The summed E-state index contributed by atoms with van der Waals surface area (Å²) in [4.78, 5) is 3.89. The average Bonchev–Trinajstić information content (AvgIpc) is 2.18. The van der Waals surface area contributed by atoms with Gasteiger partial charge in [0.05, 0.1) is 0 Å². The molecule has 0 atom stereocenters. The number of hydrogen-bond donors (Lipinski definition) is 1. The normalized spacial score (nSPS) is 9.77. The van der Waals surface area contributed by atoms with Crippen LogP contribution >= 0.6 is 0 Å². The number of fused-ring (bicyclic) bond motifs is 1. The summed E-state index contributed by atoms with van der Waals surface area (Å²) >= 11 is 0. The predicted octanol–water partition coefficient (Wildman–Crippen LogP) is 1.81. The molecule has 1 aromatic carbocycles. The number of pyridine rings is 1. The Balaban J connectivity index is 2.94. The highest BCUT2D eigenvalue weighted by Crippen LogP contribution is 2.24. The van der Waals surface area contributed by atoms with Crippen LogP contribution < -0.4 is 0 Å². The number of rotatable bonds is 0. The molecular formula is C10H6N2O. The third kappa shape index (κ3) is 1.09. The Morgan fingerprint density at radius 3 is 2.85 bits per heavy atom. The van der Waals surface area contributed by atoms with E-state index in [9.17, 15) is 5.11 Å². The van der Waals surface area contributed by atoms with Crippen LogP contribution in [0.3, 0.4) is 0 Å². The van der Waals surface area contributed by atoms with Gasteiger partial charge in [0.2, 0.25) is 0 Å². The van der Waals surface area contributed by atoms with Gasteiger partial charge >= 0.3 is 0 Å². The molecule has 0 spiro atoms. The largest absolute Gasteiger partial charge is 0.507 e. The molecular weight excluding hydrogens is 164 g/mol. The zero-order chi connectivity index (χ0) is 9.26. The minimum absolute atomic E-state index is 0.177. The van der Waals surface area contributed by atoms with Gasteiger partial charge in [0.1, 0.15) is 17.5 Å². The predicted molar refractivity (Wildman–Crippen MR) is 48.1 cm³/mol. The number of aromatic nitrogens is 1. The van der Waals surface area contributed by atoms with E-state index < -0.39 is 0 Å². The molecule has 2 aromatic rings. The highest BCUT2D eigenvalue weighted by Gasteiger charge is 2.03.